The highest BCUT2D eigenvalue weighted by molar-refractivity contribution is 7.90. The van der Waals surface area contributed by atoms with Crippen LogP contribution < -0.4 is 5.32 Å². The Labute approximate surface area is 190 Å². The Morgan fingerprint density at radius 3 is 2.39 bits per heavy atom. The molecule has 0 spiro atoms. The Kier molecular flexibility index (Phi) is 6.16. The summed E-state index contributed by atoms with van der Waals surface area (Å²) in [5.74, 6) is 0.0386. The van der Waals surface area contributed by atoms with Crippen molar-refractivity contribution in [3.63, 3.8) is 0 Å². The molecule has 13 heteroatoms. The first-order valence-electron chi connectivity index (χ1n) is 10.8. The summed E-state index contributed by atoms with van der Waals surface area (Å²) in [6, 6.07) is -0.154. The van der Waals surface area contributed by atoms with Crippen LogP contribution in [0.5, 0.6) is 0 Å². The molecule has 4 rings (SSSR count). The Morgan fingerprint density at radius 1 is 1.15 bits per heavy atom. The Hall–Kier alpha value is -2.25. The normalized spacial score (nSPS) is 19.1. The van der Waals surface area contributed by atoms with Crippen molar-refractivity contribution in [3.8, 4) is 11.3 Å². The highest BCUT2D eigenvalue weighted by Crippen LogP contribution is 2.36. The summed E-state index contributed by atoms with van der Waals surface area (Å²) in [7, 11) is -3.24. The van der Waals surface area contributed by atoms with Gasteiger partial charge in [-0.25, -0.2) is 22.7 Å². The van der Waals surface area contributed by atoms with Gasteiger partial charge in [0.1, 0.15) is 5.56 Å². The van der Waals surface area contributed by atoms with Gasteiger partial charge in [0.2, 0.25) is 16.0 Å². The smallest absolute Gasteiger partial charge is 0.389 e. The summed E-state index contributed by atoms with van der Waals surface area (Å²) in [6.45, 7) is 3.96. The standard InChI is InChI=1S/C20H27F3N6O3S/c1-19(2,30)12-28-11-13(9-25-28)17-16(20(21,22)23)10-24-18(27-17)26-14-5-7-29(8-6-14)33(31,32)15-3-4-15/h9-11,14-15,30H,3-8,12H2,1-2H3,(H,24,26,27). The van der Waals surface area contributed by atoms with Gasteiger partial charge in [0, 0.05) is 37.1 Å². The third-order valence-electron chi connectivity index (χ3n) is 5.64. The second-order valence-electron chi connectivity index (χ2n) is 9.25. The van der Waals surface area contributed by atoms with Crippen LogP contribution in [-0.2, 0) is 22.7 Å². The number of halogens is 3. The average molecular weight is 489 g/mol. The molecule has 2 fully saturated rings. The zero-order valence-corrected chi connectivity index (χ0v) is 19.2. The zero-order chi connectivity index (χ0) is 24.0. The lowest BCUT2D eigenvalue weighted by atomic mass is 10.1. The maximum atomic E-state index is 13.6. The van der Waals surface area contributed by atoms with E-state index in [9.17, 15) is 26.7 Å². The van der Waals surface area contributed by atoms with E-state index < -0.39 is 27.4 Å². The quantitative estimate of drug-likeness (QED) is 0.616. The van der Waals surface area contributed by atoms with E-state index in [-0.39, 0.29) is 35.0 Å². The van der Waals surface area contributed by atoms with Crippen molar-refractivity contribution in [2.45, 2.75) is 69.1 Å². The van der Waals surface area contributed by atoms with Gasteiger partial charge in [0.15, 0.2) is 0 Å². The maximum Gasteiger partial charge on any atom is 0.419 e. The average Bonchev–Trinajstić information content (AvgIpc) is 3.48. The molecule has 2 aromatic heterocycles. The molecule has 182 valence electrons. The second-order valence-corrected chi connectivity index (χ2v) is 11.5. The predicted molar refractivity (Wildman–Crippen MR) is 115 cm³/mol. The number of hydrogen-bond acceptors (Lipinski definition) is 7. The molecule has 1 saturated heterocycles. The fourth-order valence-electron chi connectivity index (χ4n) is 3.86. The summed E-state index contributed by atoms with van der Waals surface area (Å²) in [6.07, 6.45) is 1.18. The van der Waals surface area contributed by atoms with Crippen LogP contribution in [0.15, 0.2) is 18.6 Å². The van der Waals surface area contributed by atoms with Crippen LogP contribution in [0.25, 0.3) is 11.3 Å². The minimum Gasteiger partial charge on any atom is -0.389 e. The molecule has 2 aromatic rings. The third kappa shape index (κ3) is 5.64. The number of nitrogens with zero attached hydrogens (tertiary/aromatic N) is 5. The molecule has 1 saturated carbocycles. The van der Waals surface area contributed by atoms with Crippen LogP contribution >= 0.6 is 0 Å². The fraction of sp³-hybridized carbons (Fsp3) is 0.650. The summed E-state index contributed by atoms with van der Waals surface area (Å²) < 4.78 is 68.4. The van der Waals surface area contributed by atoms with Crippen molar-refractivity contribution in [1.29, 1.82) is 0 Å². The molecule has 0 radical (unpaired) electrons. The fourth-order valence-corrected chi connectivity index (χ4v) is 5.73. The number of hydrogen-bond donors (Lipinski definition) is 2. The zero-order valence-electron chi connectivity index (χ0n) is 18.4. The van der Waals surface area contributed by atoms with Gasteiger partial charge in [-0.15, -0.1) is 0 Å². The highest BCUT2D eigenvalue weighted by atomic mass is 32.2. The summed E-state index contributed by atoms with van der Waals surface area (Å²) >= 11 is 0. The molecule has 9 nitrogen and oxygen atoms in total. The molecule has 2 N–H and O–H groups in total. The van der Waals surface area contributed by atoms with Crippen molar-refractivity contribution < 1.29 is 26.7 Å². The topological polar surface area (TPSA) is 113 Å². The third-order valence-corrected chi connectivity index (χ3v) is 8.04. The maximum absolute atomic E-state index is 13.6. The molecule has 0 unspecified atom stereocenters. The van der Waals surface area contributed by atoms with E-state index in [0.717, 1.165) is 6.20 Å². The molecule has 3 heterocycles. The predicted octanol–water partition coefficient (Wildman–Crippen LogP) is 2.50. The largest absolute Gasteiger partial charge is 0.419 e. The van der Waals surface area contributed by atoms with Crippen LogP contribution in [-0.4, -0.2) is 67.6 Å². The lowest BCUT2D eigenvalue weighted by Gasteiger charge is -2.31. The van der Waals surface area contributed by atoms with Gasteiger partial charge >= 0.3 is 6.18 Å². The molecule has 33 heavy (non-hydrogen) atoms. The van der Waals surface area contributed by atoms with E-state index >= 15 is 0 Å². The highest BCUT2D eigenvalue weighted by Gasteiger charge is 2.41. The number of sulfonamides is 1. The van der Waals surface area contributed by atoms with Gasteiger partial charge in [-0.2, -0.15) is 18.3 Å². The van der Waals surface area contributed by atoms with Gasteiger partial charge in [0.05, 0.1) is 29.3 Å². The summed E-state index contributed by atoms with van der Waals surface area (Å²) in [4.78, 5) is 7.99. The summed E-state index contributed by atoms with van der Waals surface area (Å²) in [5.41, 5.74) is -2.23. The Balaban J connectivity index is 1.51. The van der Waals surface area contributed by atoms with Crippen molar-refractivity contribution >= 4 is 16.0 Å². The number of rotatable bonds is 7. The van der Waals surface area contributed by atoms with Gasteiger partial charge < -0.3 is 10.4 Å². The van der Waals surface area contributed by atoms with Gasteiger partial charge in [-0.3, -0.25) is 4.68 Å². The number of anilines is 1. The van der Waals surface area contributed by atoms with Crippen LogP contribution in [0.1, 0.15) is 45.1 Å². The van der Waals surface area contributed by atoms with Crippen LogP contribution in [0.4, 0.5) is 19.1 Å². The van der Waals surface area contributed by atoms with Crippen molar-refractivity contribution in [2.24, 2.45) is 0 Å². The molecule has 2 aliphatic rings. The van der Waals surface area contributed by atoms with Crippen LogP contribution in [0.3, 0.4) is 0 Å². The van der Waals surface area contributed by atoms with E-state index in [1.54, 1.807) is 13.8 Å². The molecule has 0 aromatic carbocycles. The lowest BCUT2D eigenvalue weighted by molar-refractivity contribution is -0.137. The van der Waals surface area contributed by atoms with E-state index in [1.807, 2.05) is 0 Å². The number of aromatic nitrogens is 4. The first kappa shape index (κ1) is 23.9. The van der Waals surface area contributed by atoms with E-state index in [0.29, 0.717) is 38.8 Å². The first-order chi connectivity index (χ1) is 15.3. The Morgan fingerprint density at radius 2 is 1.82 bits per heavy atom. The second kappa shape index (κ2) is 8.51. The molecule has 0 amide bonds. The Bertz CT molecular complexity index is 1100. The minimum atomic E-state index is -4.66. The number of nitrogens with one attached hydrogen (secondary N) is 1. The monoisotopic (exact) mass is 488 g/mol. The van der Waals surface area contributed by atoms with Gasteiger partial charge in [-0.05, 0) is 39.5 Å². The van der Waals surface area contributed by atoms with Gasteiger partial charge in [0.25, 0.3) is 0 Å². The van der Waals surface area contributed by atoms with Crippen LogP contribution in [0, 0.1) is 0 Å². The van der Waals surface area contributed by atoms with E-state index in [2.05, 4.69) is 20.4 Å². The number of alkyl halides is 3. The lowest BCUT2D eigenvalue weighted by Crippen LogP contribution is -2.43. The molecule has 1 aliphatic carbocycles. The minimum absolute atomic E-state index is 0.0386. The van der Waals surface area contributed by atoms with Crippen molar-refractivity contribution in [2.75, 3.05) is 18.4 Å². The van der Waals surface area contributed by atoms with Crippen molar-refractivity contribution in [1.82, 2.24) is 24.1 Å². The van der Waals surface area contributed by atoms with Crippen LogP contribution in [0.2, 0.25) is 0 Å². The molecule has 0 atom stereocenters. The number of aliphatic hydroxyl groups is 1. The SMILES string of the molecule is CC(C)(O)Cn1cc(-c2nc(NC3CCN(S(=O)(=O)C4CC4)CC3)ncc2C(F)(F)F)cn1. The van der Waals surface area contributed by atoms with Crippen molar-refractivity contribution in [3.05, 3.63) is 24.2 Å². The first-order valence-corrected chi connectivity index (χ1v) is 12.3. The number of piperidine rings is 1. The van der Waals surface area contributed by atoms with E-state index in [4.69, 9.17) is 0 Å². The van der Waals surface area contributed by atoms with E-state index in [1.165, 1.54) is 21.4 Å². The van der Waals surface area contributed by atoms with Gasteiger partial charge in [-0.1, -0.05) is 0 Å². The molecule has 1 aliphatic heterocycles. The molecular weight excluding hydrogens is 461 g/mol. The molecule has 0 bridgehead atoms. The summed E-state index contributed by atoms with van der Waals surface area (Å²) in [5, 5.41) is 16.8. The molecular formula is C20H27F3N6O3S.